The van der Waals surface area contributed by atoms with Crippen LogP contribution < -0.4 is 0 Å². The van der Waals surface area contributed by atoms with Gasteiger partial charge in [0.2, 0.25) is 0 Å². The number of aliphatic hydroxyl groups excluding tert-OH is 1. The third-order valence-corrected chi connectivity index (χ3v) is 3.21. The second-order valence-electron chi connectivity index (χ2n) is 3.86. The summed E-state index contributed by atoms with van der Waals surface area (Å²) >= 11 is 3.37. The van der Waals surface area contributed by atoms with E-state index in [4.69, 9.17) is 0 Å². The first-order valence-corrected chi connectivity index (χ1v) is 5.92. The first-order chi connectivity index (χ1) is 8.08. The van der Waals surface area contributed by atoms with Gasteiger partial charge < -0.3 is 5.11 Å². The number of hydrogen-bond acceptors (Lipinski definition) is 2. The molecule has 17 heavy (non-hydrogen) atoms. The quantitative estimate of drug-likeness (QED) is 0.921. The molecule has 0 saturated heterocycles. The van der Waals surface area contributed by atoms with Crippen molar-refractivity contribution in [2.45, 2.75) is 13.0 Å². The van der Waals surface area contributed by atoms with Crippen molar-refractivity contribution in [3.05, 3.63) is 63.6 Å². The monoisotopic (exact) mass is 295 g/mol. The van der Waals surface area contributed by atoms with Gasteiger partial charge in [0.1, 0.15) is 11.9 Å². The van der Waals surface area contributed by atoms with Gasteiger partial charge in [0.05, 0.1) is 6.20 Å². The number of pyridine rings is 1. The summed E-state index contributed by atoms with van der Waals surface area (Å²) in [4.78, 5) is 3.73. The molecule has 4 heteroatoms. The van der Waals surface area contributed by atoms with Crippen molar-refractivity contribution in [3.8, 4) is 0 Å². The Hall–Kier alpha value is -1.26. The standard InChI is InChI=1S/C13H11BrFNO/c1-8-2-3-12(14)11(4-8)13(17)9-5-10(15)7-16-6-9/h2-7,13,17H,1H3. The van der Waals surface area contributed by atoms with E-state index in [1.165, 1.54) is 12.3 Å². The van der Waals surface area contributed by atoms with Gasteiger partial charge in [0, 0.05) is 16.2 Å². The fraction of sp³-hybridized carbons (Fsp3) is 0.154. The Morgan fingerprint density at radius 3 is 2.76 bits per heavy atom. The summed E-state index contributed by atoms with van der Waals surface area (Å²) in [5, 5.41) is 10.2. The van der Waals surface area contributed by atoms with Gasteiger partial charge in [-0.3, -0.25) is 4.98 Å². The topological polar surface area (TPSA) is 33.1 Å². The molecule has 0 fully saturated rings. The zero-order valence-electron chi connectivity index (χ0n) is 9.19. The highest BCUT2D eigenvalue weighted by Gasteiger charge is 2.14. The van der Waals surface area contributed by atoms with Gasteiger partial charge in [-0.1, -0.05) is 33.6 Å². The molecule has 2 aromatic rings. The molecule has 2 rings (SSSR count). The lowest BCUT2D eigenvalue weighted by Crippen LogP contribution is -2.02. The van der Waals surface area contributed by atoms with Crippen LogP contribution in [0.3, 0.4) is 0 Å². The maximum Gasteiger partial charge on any atom is 0.141 e. The lowest BCUT2D eigenvalue weighted by Gasteiger charge is -2.13. The summed E-state index contributed by atoms with van der Waals surface area (Å²) in [5.41, 5.74) is 2.18. The minimum absolute atomic E-state index is 0.441. The molecule has 1 atom stereocenters. The number of rotatable bonds is 2. The molecule has 1 aromatic heterocycles. The number of halogens is 2. The van der Waals surface area contributed by atoms with E-state index in [1.54, 1.807) is 0 Å². The summed E-state index contributed by atoms with van der Waals surface area (Å²) < 4.78 is 13.8. The van der Waals surface area contributed by atoms with Crippen molar-refractivity contribution in [1.82, 2.24) is 4.98 Å². The second-order valence-corrected chi connectivity index (χ2v) is 4.72. The van der Waals surface area contributed by atoms with Gasteiger partial charge in [0.15, 0.2) is 0 Å². The van der Waals surface area contributed by atoms with Crippen LogP contribution >= 0.6 is 15.9 Å². The van der Waals surface area contributed by atoms with Crippen LogP contribution in [0.25, 0.3) is 0 Å². The Morgan fingerprint density at radius 1 is 1.29 bits per heavy atom. The fourth-order valence-electron chi connectivity index (χ4n) is 1.63. The maximum absolute atomic E-state index is 13.0. The van der Waals surface area contributed by atoms with E-state index in [1.807, 2.05) is 25.1 Å². The molecule has 0 aliphatic heterocycles. The molecule has 0 saturated carbocycles. The van der Waals surface area contributed by atoms with Crippen molar-refractivity contribution in [2.75, 3.05) is 0 Å². The third kappa shape index (κ3) is 2.70. The first kappa shape index (κ1) is 12.2. The van der Waals surface area contributed by atoms with Crippen molar-refractivity contribution >= 4 is 15.9 Å². The van der Waals surface area contributed by atoms with Crippen LogP contribution in [0.4, 0.5) is 4.39 Å². The van der Waals surface area contributed by atoms with E-state index in [0.717, 1.165) is 16.2 Å². The van der Waals surface area contributed by atoms with Crippen LogP contribution in [0.2, 0.25) is 0 Å². The molecule has 88 valence electrons. The second kappa shape index (κ2) is 4.94. The number of aliphatic hydroxyl groups is 1. The van der Waals surface area contributed by atoms with E-state index in [9.17, 15) is 9.50 Å². The molecule has 1 aromatic carbocycles. The molecule has 0 radical (unpaired) electrons. The van der Waals surface area contributed by atoms with Crippen LogP contribution in [0.15, 0.2) is 41.1 Å². The molecule has 1 unspecified atom stereocenters. The number of hydrogen-bond donors (Lipinski definition) is 1. The van der Waals surface area contributed by atoms with Gasteiger partial charge in [-0.15, -0.1) is 0 Å². The number of aromatic nitrogens is 1. The summed E-state index contributed by atoms with van der Waals surface area (Å²) in [5.74, 6) is -0.453. The Balaban J connectivity index is 2.43. The highest BCUT2D eigenvalue weighted by molar-refractivity contribution is 9.10. The smallest absolute Gasteiger partial charge is 0.141 e. The van der Waals surface area contributed by atoms with Crippen molar-refractivity contribution < 1.29 is 9.50 Å². The zero-order chi connectivity index (χ0) is 12.4. The molecule has 0 aliphatic rings. The molecular formula is C13H11BrFNO. The first-order valence-electron chi connectivity index (χ1n) is 5.12. The average Bonchev–Trinajstić information content (AvgIpc) is 2.31. The lowest BCUT2D eigenvalue weighted by atomic mass is 10.0. The van der Waals surface area contributed by atoms with E-state index < -0.39 is 11.9 Å². The molecule has 0 amide bonds. The molecule has 0 bridgehead atoms. The molecule has 2 nitrogen and oxygen atoms in total. The zero-order valence-corrected chi connectivity index (χ0v) is 10.8. The summed E-state index contributed by atoms with van der Waals surface area (Å²) in [7, 11) is 0. The van der Waals surface area contributed by atoms with E-state index >= 15 is 0 Å². The van der Waals surface area contributed by atoms with E-state index in [2.05, 4.69) is 20.9 Å². The Kier molecular flexibility index (Phi) is 3.54. The van der Waals surface area contributed by atoms with Crippen LogP contribution in [-0.2, 0) is 0 Å². The summed E-state index contributed by atoms with van der Waals surface area (Å²) in [6.07, 6.45) is 1.69. The van der Waals surface area contributed by atoms with Crippen molar-refractivity contribution in [1.29, 1.82) is 0 Å². The summed E-state index contributed by atoms with van der Waals surface area (Å²) in [6, 6.07) is 6.94. The molecular weight excluding hydrogens is 285 g/mol. The Bertz CT molecular complexity index is 545. The lowest BCUT2D eigenvalue weighted by molar-refractivity contribution is 0.218. The predicted molar refractivity (Wildman–Crippen MR) is 67.1 cm³/mol. The van der Waals surface area contributed by atoms with Gasteiger partial charge in [0.25, 0.3) is 0 Å². The van der Waals surface area contributed by atoms with Crippen LogP contribution in [0.1, 0.15) is 22.8 Å². The van der Waals surface area contributed by atoms with Gasteiger partial charge in [-0.2, -0.15) is 0 Å². The van der Waals surface area contributed by atoms with E-state index in [0.29, 0.717) is 11.1 Å². The molecule has 1 N–H and O–H groups in total. The summed E-state index contributed by atoms with van der Waals surface area (Å²) in [6.45, 7) is 1.94. The highest BCUT2D eigenvalue weighted by atomic mass is 79.9. The van der Waals surface area contributed by atoms with Gasteiger partial charge in [-0.05, 0) is 24.6 Å². The minimum Gasteiger partial charge on any atom is -0.384 e. The Labute approximate surface area is 107 Å². The van der Waals surface area contributed by atoms with Crippen molar-refractivity contribution in [2.24, 2.45) is 0 Å². The normalized spacial score (nSPS) is 12.5. The average molecular weight is 296 g/mol. The van der Waals surface area contributed by atoms with Crippen molar-refractivity contribution in [3.63, 3.8) is 0 Å². The SMILES string of the molecule is Cc1ccc(Br)c(C(O)c2cncc(F)c2)c1. The number of benzene rings is 1. The molecule has 0 spiro atoms. The Morgan fingerprint density at radius 2 is 2.06 bits per heavy atom. The number of nitrogens with zero attached hydrogens (tertiary/aromatic N) is 1. The predicted octanol–water partition coefficient (Wildman–Crippen LogP) is 3.37. The van der Waals surface area contributed by atoms with E-state index in [-0.39, 0.29) is 0 Å². The highest BCUT2D eigenvalue weighted by Crippen LogP contribution is 2.29. The van der Waals surface area contributed by atoms with Crippen LogP contribution in [-0.4, -0.2) is 10.1 Å². The number of aryl methyl sites for hydroxylation is 1. The minimum atomic E-state index is -0.882. The largest absolute Gasteiger partial charge is 0.384 e. The van der Waals surface area contributed by atoms with Crippen LogP contribution in [0, 0.1) is 12.7 Å². The maximum atomic E-state index is 13.0. The molecule has 1 heterocycles. The molecule has 0 aliphatic carbocycles. The van der Waals surface area contributed by atoms with Gasteiger partial charge in [-0.25, -0.2) is 4.39 Å². The third-order valence-electron chi connectivity index (χ3n) is 2.49. The fourth-order valence-corrected chi connectivity index (χ4v) is 2.09. The van der Waals surface area contributed by atoms with Crippen LogP contribution in [0.5, 0.6) is 0 Å². The van der Waals surface area contributed by atoms with Gasteiger partial charge >= 0.3 is 0 Å².